The predicted molar refractivity (Wildman–Crippen MR) is 199 cm³/mol. The van der Waals surface area contributed by atoms with Gasteiger partial charge in [0.1, 0.15) is 21.2 Å². The highest BCUT2D eigenvalue weighted by atomic mass is 35.5. The van der Waals surface area contributed by atoms with Crippen LogP contribution in [0.2, 0.25) is 5.02 Å². The van der Waals surface area contributed by atoms with Crippen LogP contribution in [-0.4, -0.2) is 64.5 Å². The standard InChI is InChI=1S/C38H48ClN5O6S/c1-5-49-34-11-8-9-25(2)24-51(47,42-37(46)32-23-43(3)40-38(32)48-4)41-36(45)27-14-17-35-33(20-27)44(22-29-13-16-31(29)34)21-28-12-15-30(39)19-26(28)10-6-7-18-50-35/h8,11-12,14-15,17,19-20,23,25,29,31,34H,5-7,9-10,13,16,18,21-22,24H2,1-4H3,(H,41,42,45,46,47)/b11-8+/t25-,29-,31+,34-,51?/m0/s1. The Morgan fingerprint density at radius 2 is 2.00 bits per heavy atom. The number of hydrogen-bond acceptors (Lipinski definition) is 8. The second kappa shape index (κ2) is 16.2. The second-order valence-corrected chi connectivity index (χ2v) is 16.3. The molecule has 5 atom stereocenters. The maximum absolute atomic E-state index is 14.6. The number of aromatic nitrogens is 2. The van der Waals surface area contributed by atoms with Gasteiger partial charge in [-0.25, -0.2) is 4.21 Å². The van der Waals surface area contributed by atoms with E-state index < -0.39 is 21.7 Å². The minimum Gasteiger partial charge on any atom is -0.491 e. The van der Waals surface area contributed by atoms with Gasteiger partial charge in [0.15, 0.2) is 0 Å². The van der Waals surface area contributed by atoms with E-state index in [0.29, 0.717) is 48.8 Å². The number of hydrogen-bond donors (Lipinski definition) is 1. The summed E-state index contributed by atoms with van der Waals surface area (Å²) in [5.74, 6) is -0.170. The summed E-state index contributed by atoms with van der Waals surface area (Å²) in [4.78, 5) is 29.8. The van der Waals surface area contributed by atoms with Gasteiger partial charge in [0, 0.05) is 43.5 Å². The molecule has 1 N–H and O–H groups in total. The second-order valence-electron chi connectivity index (χ2n) is 13.8. The highest BCUT2D eigenvalue weighted by molar-refractivity contribution is 7.92. The Labute approximate surface area is 306 Å². The highest BCUT2D eigenvalue weighted by Crippen LogP contribution is 2.42. The van der Waals surface area contributed by atoms with Gasteiger partial charge in [0.05, 0.1) is 31.3 Å². The molecule has 1 fully saturated rings. The summed E-state index contributed by atoms with van der Waals surface area (Å²) >= 11 is 6.47. The minimum atomic E-state index is -3.61. The third-order valence-corrected chi connectivity index (χ3v) is 12.2. The molecule has 1 unspecified atom stereocenters. The van der Waals surface area contributed by atoms with Gasteiger partial charge in [-0.1, -0.05) is 36.7 Å². The van der Waals surface area contributed by atoms with Crippen LogP contribution in [0, 0.1) is 17.8 Å². The number of benzene rings is 2. The first-order chi connectivity index (χ1) is 24.6. The molecule has 1 saturated carbocycles. The Morgan fingerprint density at radius 1 is 1.16 bits per heavy atom. The van der Waals surface area contributed by atoms with Crippen LogP contribution in [0.15, 0.2) is 59.1 Å². The van der Waals surface area contributed by atoms with Crippen molar-refractivity contribution < 1.29 is 28.0 Å². The molecule has 3 aromatic rings. The van der Waals surface area contributed by atoms with Gasteiger partial charge < -0.3 is 19.1 Å². The number of ether oxygens (including phenoxy) is 3. The number of methoxy groups -OCH3 is 1. The van der Waals surface area contributed by atoms with Gasteiger partial charge >= 0.3 is 0 Å². The zero-order valence-corrected chi connectivity index (χ0v) is 31.4. The molecule has 0 spiro atoms. The number of carbonyl (C=O) groups excluding carboxylic acids is 2. The first kappa shape index (κ1) is 36.9. The van der Waals surface area contributed by atoms with Gasteiger partial charge in [-0.15, -0.1) is 9.46 Å². The van der Waals surface area contributed by atoms with E-state index in [2.05, 4.69) is 43.4 Å². The Kier molecular flexibility index (Phi) is 11.7. The van der Waals surface area contributed by atoms with Crippen molar-refractivity contribution in [1.29, 1.82) is 0 Å². The third kappa shape index (κ3) is 8.78. The maximum Gasteiger partial charge on any atom is 0.286 e. The Hall–Kier alpha value is -3.87. The maximum atomic E-state index is 14.6. The van der Waals surface area contributed by atoms with E-state index >= 15 is 0 Å². The summed E-state index contributed by atoms with van der Waals surface area (Å²) in [6.07, 6.45) is 11.0. The average molecular weight is 738 g/mol. The quantitative estimate of drug-likeness (QED) is 0.284. The van der Waals surface area contributed by atoms with E-state index in [-0.39, 0.29) is 34.8 Å². The van der Waals surface area contributed by atoms with Gasteiger partial charge in [-0.2, -0.15) is 0 Å². The molecule has 0 saturated heterocycles. The molecule has 3 heterocycles. The number of halogens is 1. The number of nitrogens with one attached hydrogen (secondary N) is 1. The monoisotopic (exact) mass is 737 g/mol. The summed E-state index contributed by atoms with van der Waals surface area (Å²) in [5.41, 5.74) is 3.50. The molecule has 3 aliphatic rings. The van der Waals surface area contributed by atoms with Crippen molar-refractivity contribution in [3.8, 4) is 11.6 Å². The van der Waals surface area contributed by atoms with Crippen LogP contribution in [0.3, 0.4) is 0 Å². The first-order valence-electron chi connectivity index (χ1n) is 17.8. The van der Waals surface area contributed by atoms with E-state index in [0.717, 1.165) is 44.3 Å². The van der Waals surface area contributed by atoms with Crippen LogP contribution in [-0.2, 0) is 34.7 Å². The predicted octanol–water partition coefficient (Wildman–Crippen LogP) is 6.78. The molecule has 2 aliphatic heterocycles. The van der Waals surface area contributed by atoms with Crippen molar-refractivity contribution in [2.75, 3.05) is 37.5 Å². The molecule has 2 aromatic carbocycles. The SMILES string of the molecule is CCO[C@H]1/C=C/C[C@H](C)CS(=O)(NC(=O)c2cn(C)nc2OC)=NC(=O)c2ccc3c(c2)N(Cc2ccc(Cl)cc2CCCCO3)C[C@@H]2CC[C@H]21. The number of nitrogens with zero attached hydrogens (tertiary/aromatic N) is 4. The molecule has 2 bridgehead atoms. The molecular weight excluding hydrogens is 690 g/mol. The molecule has 1 aromatic heterocycles. The van der Waals surface area contributed by atoms with E-state index in [1.54, 1.807) is 19.2 Å². The van der Waals surface area contributed by atoms with Crippen LogP contribution in [0.5, 0.6) is 11.6 Å². The van der Waals surface area contributed by atoms with E-state index in [9.17, 15) is 13.8 Å². The Morgan fingerprint density at radius 3 is 2.76 bits per heavy atom. The number of anilines is 1. The lowest BCUT2D eigenvalue weighted by Crippen LogP contribution is -2.43. The molecule has 6 rings (SSSR count). The van der Waals surface area contributed by atoms with Crippen molar-refractivity contribution in [3.05, 3.63) is 82.0 Å². The number of amides is 2. The number of allylic oxidation sites excluding steroid dienone is 1. The topological polar surface area (TPSA) is 124 Å². The molecule has 11 nitrogen and oxygen atoms in total. The Bertz CT molecular complexity index is 1900. The minimum absolute atomic E-state index is 0.0394. The fourth-order valence-electron chi connectivity index (χ4n) is 7.27. The number of rotatable bonds is 5. The normalized spacial score (nSPS) is 26.2. The zero-order chi connectivity index (χ0) is 36.1. The van der Waals surface area contributed by atoms with E-state index in [1.807, 2.05) is 26.0 Å². The van der Waals surface area contributed by atoms with Crippen molar-refractivity contribution >= 4 is 39.0 Å². The highest BCUT2D eigenvalue weighted by Gasteiger charge is 2.38. The molecular formula is C38H48ClN5O6S. The molecule has 2 amide bonds. The van der Waals surface area contributed by atoms with Crippen LogP contribution >= 0.6 is 11.6 Å². The number of aryl methyl sites for hydroxylation is 2. The lowest BCUT2D eigenvalue weighted by molar-refractivity contribution is -0.00850. The molecule has 274 valence electrons. The Balaban J connectivity index is 1.46. The van der Waals surface area contributed by atoms with Crippen molar-refractivity contribution in [2.45, 2.75) is 65.0 Å². The molecule has 13 heteroatoms. The van der Waals surface area contributed by atoms with Crippen LogP contribution in [0.1, 0.15) is 77.8 Å². The zero-order valence-electron chi connectivity index (χ0n) is 29.8. The van der Waals surface area contributed by atoms with Gasteiger partial charge in [0.2, 0.25) is 5.88 Å². The van der Waals surface area contributed by atoms with Crippen LogP contribution in [0.25, 0.3) is 0 Å². The lowest BCUT2D eigenvalue weighted by atomic mass is 9.70. The smallest absolute Gasteiger partial charge is 0.286 e. The molecule has 1 aliphatic carbocycles. The van der Waals surface area contributed by atoms with Gasteiger partial charge in [-0.3, -0.25) is 19.0 Å². The van der Waals surface area contributed by atoms with Crippen LogP contribution in [0.4, 0.5) is 5.69 Å². The summed E-state index contributed by atoms with van der Waals surface area (Å²) in [5, 5.41) is 4.86. The molecule has 0 radical (unpaired) electrons. The van der Waals surface area contributed by atoms with Crippen molar-refractivity contribution in [2.24, 2.45) is 29.2 Å². The first-order valence-corrected chi connectivity index (χ1v) is 19.9. The third-order valence-electron chi connectivity index (χ3n) is 9.98. The number of fused-ring (bicyclic) bond motifs is 3. The largest absolute Gasteiger partial charge is 0.491 e. The van der Waals surface area contributed by atoms with Gasteiger partial charge in [-0.05, 0) is 105 Å². The molecule has 51 heavy (non-hydrogen) atoms. The summed E-state index contributed by atoms with van der Waals surface area (Å²) < 4.78 is 40.9. The lowest BCUT2D eigenvalue weighted by Gasteiger charge is -2.44. The fraction of sp³-hybridized carbons (Fsp3) is 0.500. The fourth-order valence-corrected chi connectivity index (χ4v) is 9.35. The van der Waals surface area contributed by atoms with Crippen molar-refractivity contribution in [1.82, 2.24) is 14.5 Å². The van der Waals surface area contributed by atoms with Crippen molar-refractivity contribution in [3.63, 3.8) is 0 Å². The number of carbonyl (C=O) groups is 2. The summed E-state index contributed by atoms with van der Waals surface area (Å²) in [6, 6.07) is 11.4. The van der Waals surface area contributed by atoms with E-state index in [1.165, 1.54) is 29.1 Å². The van der Waals surface area contributed by atoms with Gasteiger partial charge in [0.25, 0.3) is 11.8 Å². The average Bonchev–Trinajstić information content (AvgIpc) is 3.45. The summed E-state index contributed by atoms with van der Waals surface area (Å²) in [7, 11) is -0.548. The van der Waals surface area contributed by atoms with Crippen LogP contribution < -0.4 is 19.1 Å². The summed E-state index contributed by atoms with van der Waals surface area (Å²) in [6.45, 7) is 6.38. The van der Waals surface area contributed by atoms with E-state index in [4.69, 9.17) is 25.8 Å².